The summed E-state index contributed by atoms with van der Waals surface area (Å²) in [5.41, 5.74) is 0.525. The van der Waals surface area contributed by atoms with Gasteiger partial charge in [-0.3, -0.25) is 0 Å². The lowest BCUT2D eigenvalue weighted by atomic mass is 10.2. The molecule has 110 valence electrons. The van der Waals surface area contributed by atoms with E-state index in [1.54, 1.807) is 19.4 Å². The number of ether oxygens (including phenoxy) is 2. The first kappa shape index (κ1) is 16.0. The minimum Gasteiger partial charge on any atom is -0.481 e. The van der Waals surface area contributed by atoms with Crippen molar-refractivity contribution < 1.29 is 14.3 Å². The minimum atomic E-state index is -0.464. The summed E-state index contributed by atoms with van der Waals surface area (Å²) in [5, 5.41) is 2.70. The average Bonchev–Trinajstić information content (AvgIpc) is 2.37. The Balaban J connectivity index is 2.26. The third-order valence-corrected chi connectivity index (χ3v) is 2.26. The van der Waals surface area contributed by atoms with Crippen LogP contribution in [-0.4, -0.2) is 30.3 Å². The van der Waals surface area contributed by atoms with Gasteiger partial charge >= 0.3 is 6.09 Å². The number of methoxy groups -OCH3 is 1. The lowest BCUT2D eigenvalue weighted by molar-refractivity contribution is 0.0529. The monoisotopic (exact) mass is 278 g/mol. The van der Waals surface area contributed by atoms with Gasteiger partial charge in [-0.05, 0) is 38.8 Å². The van der Waals surface area contributed by atoms with Crippen molar-refractivity contribution in [1.82, 2.24) is 10.3 Å². The van der Waals surface area contributed by atoms with Crippen molar-refractivity contribution in [2.45, 2.75) is 32.8 Å². The summed E-state index contributed by atoms with van der Waals surface area (Å²) in [7, 11) is 1.58. The number of hydrogen-bond acceptors (Lipinski definition) is 4. The van der Waals surface area contributed by atoms with Crippen LogP contribution >= 0.6 is 0 Å². The highest BCUT2D eigenvalue weighted by Gasteiger charge is 2.14. The predicted molar refractivity (Wildman–Crippen MR) is 78.7 cm³/mol. The van der Waals surface area contributed by atoms with Crippen LogP contribution in [-0.2, 0) is 4.74 Å². The summed E-state index contributed by atoms with van der Waals surface area (Å²) in [6, 6.07) is 3.72. The van der Waals surface area contributed by atoms with Gasteiger partial charge in [0, 0.05) is 18.8 Å². The maximum Gasteiger partial charge on any atom is 0.407 e. The van der Waals surface area contributed by atoms with Crippen molar-refractivity contribution in [2.24, 2.45) is 0 Å². The number of nitrogens with one attached hydrogen (secondary N) is 1. The van der Waals surface area contributed by atoms with E-state index in [-0.39, 0.29) is 0 Å². The molecule has 1 N–H and O–H groups in total. The molecule has 0 aliphatic rings. The molecule has 5 heteroatoms. The number of amides is 1. The van der Waals surface area contributed by atoms with E-state index in [4.69, 9.17) is 9.47 Å². The summed E-state index contributed by atoms with van der Waals surface area (Å²) >= 11 is 0. The van der Waals surface area contributed by atoms with E-state index in [0.717, 1.165) is 12.0 Å². The summed E-state index contributed by atoms with van der Waals surface area (Å²) in [6.07, 6.45) is 5.99. The zero-order chi connectivity index (χ0) is 15.0. The van der Waals surface area contributed by atoms with E-state index < -0.39 is 11.7 Å². The fourth-order valence-corrected chi connectivity index (χ4v) is 1.40. The Morgan fingerprint density at radius 2 is 2.15 bits per heavy atom. The van der Waals surface area contributed by atoms with Gasteiger partial charge in [0.15, 0.2) is 0 Å². The van der Waals surface area contributed by atoms with Crippen LogP contribution in [0.4, 0.5) is 4.79 Å². The normalized spacial score (nSPS) is 11.4. The van der Waals surface area contributed by atoms with Crippen molar-refractivity contribution in [1.29, 1.82) is 0 Å². The molecule has 0 saturated heterocycles. The standard InChI is InChI=1S/C15H22N2O3/c1-15(2,3)20-14(18)16-10-6-5-7-12-8-9-13(19-4)17-11-12/h5,7-9,11H,6,10H2,1-4H3,(H,16,18). The fraction of sp³-hybridized carbons (Fsp3) is 0.467. The maximum atomic E-state index is 11.4. The Kier molecular flexibility index (Phi) is 6.03. The lowest BCUT2D eigenvalue weighted by Crippen LogP contribution is -2.32. The number of carbonyl (C=O) groups is 1. The van der Waals surface area contributed by atoms with E-state index in [0.29, 0.717) is 12.4 Å². The molecular formula is C15H22N2O3. The molecule has 0 saturated carbocycles. The molecule has 0 bridgehead atoms. The van der Waals surface area contributed by atoms with Crippen molar-refractivity contribution in [3.8, 4) is 5.88 Å². The maximum absolute atomic E-state index is 11.4. The second kappa shape index (κ2) is 7.53. The third kappa shape index (κ3) is 6.78. The minimum absolute atomic E-state index is 0.392. The first-order chi connectivity index (χ1) is 9.40. The second-order valence-corrected chi connectivity index (χ2v) is 5.25. The quantitative estimate of drug-likeness (QED) is 0.841. The van der Waals surface area contributed by atoms with Crippen molar-refractivity contribution in [2.75, 3.05) is 13.7 Å². The van der Waals surface area contributed by atoms with Gasteiger partial charge in [-0.25, -0.2) is 9.78 Å². The van der Waals surface area contributed by atoms with Gasteiger partial charge in [-0.15, -0.1) is 0 Å². The number of aromatic nitrogens is 1. The van der Waals surface area contributed by atoms with Gasteiger partial charge in [-0.1, -0.05) is 12.2 Å². The first-order valence-corrected chi connectivity index (χ1v) is 6.54. The van der Waals surface area contributed by atoms with E-state index >= 15 is 0 Å². The predicted octanol–water partition coefficient (Wildman–Crippen LogP) is 3.02. The van der Waals surface area contributed by atoms with Crippen LogP contribution in [0.5, 0.6) is 5.88 Å². The van der Waals surface area contributed by atoms with E-state index in [1.165, 1.54) is 0 Å². The van der Waals surface area contributed by atoms with Crippen LogP contribution in [0.3, 0.4) is 0 Å². The largest absolute Gasteiger partial charge is 0.481 e. The van der Waals surface area contributed by atoms with Gasteiger partial charge in [0.25, 0.3) is 0 Å². The molecular weight excluding hydrogens is 256 g/mol. The summed E-state index contributed by atoms with van der Waals surface area (Å²) < 4.78 is 10.1. The van der Waals surface area contributed by atoms with Crippen LogP contribution in [0.25, 0.3) is 6.08 Å². The highest BCUT2D eigenvalue weighted by atomic mass is 16.6. The smallest absolute Gasteiger partial charge is 0.407 e. The van der Waals surface area contributed by atoms with Crippen LogP contribution in [0.1, 0.15) is 32.8 Å². The second-order valence-electron chi connectivity index (χ2n) is 5.25. The molecule has 0 aliphatic heterocycles. The van der Waals surface area contributed by atoms with Crippen molar-refractivity contribution >= 4 is 12.2 Å². The van der Waals surface area contributed by atoms with Crippen LogP contribution in [0.15, 0.2) is 24.4 Å². The van der Waals surface area contributed by atoms with Crippen LogP contribution < -0.4 is 10.1 Å². The molecule has 0 unspecified atom stereocenters. The van der Waals surface area contributed by atoms with Crippen LogP contribution in [0.2, 0.25) is 0 Å². The van der Waals surface area contributed by atoms with Crippen LogP contribution in [0, 0.1) is 0 Å². The number of hydrogen-bond donors (Lipinski definition) is 1. The molecule has 20 heavy (non-hydrogen) atoms. The molecule has 1 aromatic rings. The topological polar surface area (TPSA) is 60.5 Å². The molecule has 0 radical (unpaired) electrons. The lowest BCUT2D eigenvalue weighted by Gasteiger charge is -2.19. The Labute approximate surface area is 120 Å². The van der Waals surface area contributed by atoms with E-state index in [1.807, 2.05) is 39.0 Å². The van der Waals surface area contributed by atoms with Crippen molar-refractivity contribution in [3.05, 3.63) is 30.0 Å². The number of rotatable bonds is 5. The summed E-state index contributed by atoms with van der Waals surface area (Å²) in [6.45, 7) is 6.05. The SMILES string of the molecule is COc1ccc(C=CCCNC(=O)OC(C)(C)C)cn1. The molecule has 1 heterocycles. The number of carbonyl (C=O) groups excluding carboxylic acids is 1. The molecule has 0 spiro atoms. The third-order valence-electron chi connectivity index (χ3n) is 2.26. The van der Waals surface area contributed by atoms with Gasteiger partial charge in [0.1, 0.15) is 5.60 Å². The zero-order valence-electron chi connectivity index (χ0n) is 12.5. The highest BCUT2D eigenvalue weighted by Crippen LogP contribution is 2.08. The molecule has 1 amide bonds. The molecule has 1 rings (SSSR count). The average molecular weight is 278 g/mol. The summed E-state index contributed by atoms with van der Waals surface area (Å²) in [5.74, 6) is 0.591. The number of nitrogens with zero attached hydrogens (tertiary/aromatic N) is 1. The highest BCUT2D eigenvalue weighted by molar-refractivity contribution is 5.67. The molecule has 0 aromatic carbocycles. The van der Waals surface area contributed by atoms with E-state index in [9.17, 15) is 4.79 Å². The van der Waals surface area contributed by atoms with Gasteiger partial charge in [0.2, 0.25) is 5.88 Å². The zero-order valence-corrected chi connectivity index (χ0v) is 12.5. The molecule has 5 nitrogen and oxygen atoms in total. The molecule has 1 aromatic heterocycles. The number of pyridine rings is 1. The Hall–Kier alpha value is -2.04. The van der Waals surface area contributed by atoms with E-state index in [2.05, 4.69) is 10.3 Å². The Bertz CT molecular complexity index is 447. The molecule has 0 fully saturated rings. The van der Waals surface area contributed by atoms with Gasteiger partial charge in [-0.2, -0.15) is 0 Å². The van der Waals surface area contributed by atoms with Gasteiger partial charge in [0.05, 0.1) is 7.11 Å². The Morgan fingerprint density at radius 1 is 1.40 bits per heavy atom. The van der Waals surface area contributed by atoms with Gasteiger partial charge < -0.3 is 14.8 Å². The van der Waals surface area contributed by atoms with Crippen molar-refractivity contribution in [3.63, 3.8) is 0 Å². The molecule has 0 atom stereocenters. The Morgan fingerprint density at radius 3 is 2.70 bits per heavy atom. The number of alkyl carbamates (subject to hydrolysis) is 1. The summed E-state index contributed by atoms with van der Waals surface area (Å²) in [4.78, 5) is 15.5. The molecule has 0 aliphatic carbocycles. The first-order valence-electron chi connectivity index (χ1n) is 6.54. The fourth-order valence-electron chi connectivity index (χ4n) is 1.40.